The summed E-state index contributed by atoms with van der Waals surface area (Å²) in [6.07, 6.45) is 3.33. The Balaban J connectivity index is 1.62. The van der Waals surface area contributed by atoms with Crippen LogP contribution < -0.4 is 15.6 Å². The average Bonchev–Trinajstić information content (AvgIpc) is 2.69. The van der Waals surface area contributed by atoms with Gasteiger partial charge in [-0.05, 0) is 69.4 Å². The van der Waals surface area contributed by atoms with E-state index in [-0.39, 0.29) is 27.6 Å². The Morgan fingerprint density at radius 3 is 2.56 bits per heavy atom. The summed E-state index contributed by atoms with van der Waals surface area (Å²) < 4.78 is 29.6. The molecule has 2 aromatic heterocycles. The standard InChI is InChI=1S/C22H26ClN5O3S/c1-12(2)28-20-15(10-18(23)21(28)29)11-24-22(26-20)25-19-6-5-17(9-14(19)4)32(30,31)27-16-7-13(3)8-16/h5-6,9-13,16,27H,7-8H2,1-4H3,(H,24,25,26). The minimum Gasteiger partial charge on any atom is -0.324 e. The molecular weight excluding hydrogens is 450 g/mol. The Morgan fingerprint density at radius 2 is 1.94 bits per heavy atom. The molecule has 2 N–H and O–H groups in total. The van der Waals surface area contributed by atoms with E-state index in [1.807, 2.05) is 20.8 Å². The molecule has 0 radical (unpaired) electrons. The number of halogens is 1. The third-order valence-corrected chi connectivity index (χ3v) is 7.49. The zero-order valence-electron chi connectivity index (χ0n) is 18.4. The number of hydrogen-bond donors (Lipinski definition) is 2. The average molecular weight is 476 g/mol. The molecule has 1 fully saturated rings. The fourth-order valence-electron chi connectivity index (χ4n) is 3.98. The van der Waals surface area contributed by atoms with Crippen LogP contribution in [0.5, 0.6) is 0 Å². The largest absolute Gasteiger partial charge is 0.324 e. The number of fused-ring (bicyclic) bond motifs is 1. The molecular formula is C22H26ClN5O3S. The summed E-state index contributed by atoms with van der Waals surface area (Å²) in [4.78, 5) is 21.6. The third kappa shape index (κ3) is 4.37. The number of sulfonamides is 1. The highest BCUT2D eigenvalue weighted by molar-refractivity contribution is 7.89. The molecule has 8 nitrogen and oxygen atoms in total. The topological polar surface area (TPSA) is 106 Å². The number of hydrogen-bond acceptors (Lipinski definition) is 6. The molecule has 0 atom stereocenters. The van der Waals surface area contributed by atoms with Gasteiger partial charge in [-0.3, -0.25) is 9.36 Å². The maximum Gasteiger partial charge on any atom is 0.271 e. The van der Waals surface area contributed by atoms with Gasteiger partial charge in [-0.25, -0.2) is 18.1 Å². The van der Waals surface area contributed by atoms with Gasteiger partial charge in [0, 0.05) is 29.4 Å². The van der Waals surface area contributed by atoms with Crippen LogP contribution in [-0.4, -0.2) is 29.0 Å². The van der Waals surface area contributed by atoms with Crippen LogP contribution in [0, 0.1) is 12.8 Å². The van der Waals surface area contributed by atoms with E-state index in [0.29, 0.717) is 28.6 Å². The molecule has 1 saturated carbocycles. The maximum absolute atomic E-state index is 12.7. The first-order valence-corrected chi connectivity index (χ1v) is 12.4. The highest BCUT2D eigenvalue weighted by Crippen LogP contribution is 2.29. The van der Waals surface area contributed by atoms with Crippen molar-refractivity contribution in [2.45, 2.75) is 57.5 Å². The van der Waals surface area contributed by atoms with Crippen LogP contribution in [0.4, 0.5) is 11.6 Å². The van der Waals surface area contributed by atoms with Crippen molar-refractivity contribution in [3.05, 3.63) is 51.4 Å². The predicted octanol–water partition coefficient (Wildman–Crippen LogP) is 4.15. The molecule has 4 rings (SSSR count). The van der Waals surface area contributed by atoms with Crippen molar-refractivity contribution >= 4 is 44.3 Å². The summed E-state index contributed by atoms with van der Waals surface area (Å²) in [5.41, 5.74) is 1.57. The van der Waals surface area contributed by atoms with Crippen molar-refractivity contribution in [1.82, 2.24) is 19.3 Å². The van der Waals surface area contributed by atoms with E-state index >= 15 is 0 Å². The van der Waals surface area contributed by atoms with Gasteiger partial charge in [0.25, 0.3) is 5.56 Å². The lowest BCUT2D eigenvalue weighted by Crippen LogP contribution is -2.43. The number of aryl methyl sites for hydroxylation is 1. The van der Waals surface area contributed by atoms with Gasteiger partial charge in [-0.15, -0.1) is 0 Å². The monoisotopic (exact) mass is 475 g/mol. The predicted molar refractivity (Wildman–Crippen MR) is 126 cm³/mol. The van der Waals surface area contributed by atoms with Crippen LogP contribution in [-0.2, 0) is 10.0 Å². The molecule has 0 unspecified atom stereocenters. The van der Waals surface area contributed by atoms with Gasteiger partial charge in [-0.1, -0.05) is 18.5 Å². The Kier molecular flexibility index (Phi) is 6.00. The molecule has 3 aromatic rings. The van der Waals surface area contributed by atoms with Crippen LogP contribution in [0.25, 0.3) is 11.0 Å². The van der Waals surface area contributed by atoms with Gasteiger partial charge in [0.15, 0.2) is 0 Å². The normalized spacial score (nSPS) is 18.7. The smallest absolute Gasteiger partial charge is 0.271 e. The molecule has 0 spiro atoms. The second-order valence-corrected chi connectivity index (χ2v) is 10.9. The van der Waals surface area contributed by atoms with E-state index in [9.17, 15) is 13.2 Å². The van der Waals surface area contributed by atoms with Crippen molar-refractivity contribution in [3.63, 3.8) is 0 Å². The summed E-state index contributed by atoms with van der Waals surface area (Å²) in [5, 5.41) is 3.90. The SMILES string of the molecule is Cc1cc(S(=O)(=O)NC2CC(C)C2)ccc1Nc1ncc2cc(Cl)c(=O)n(C(C)C)c2n1. The number of pyridine rings is 1. The molecule has 0 aliphatic heterocycles. The van der Waals surface area contributed by atoms with E-state index in [2.05, 4.69) is 26.9 Å². The molecule has 1 aliphatic carbocycles. The second-order valence-electron chi connectivity index (χ2n) is 8.73. The number of anilines is 2. The van der Waals surface area contributed by atoms with Crippen molar-refractivity contribution in [2.75, 3.05) is 5.32 Å². The molecule has 1 aliphatic rings. The molecule has 1 aromatic carbocycles. The Labute approximate surface area is 192 Å². The van der Waals surface area contributed by atoms with E-state index in [4.69, 9.17) is 11.6 Å². The van der Waals surface area contributed by atoms with Crippen molar-refractivity contribution < 1.29 is 8.42 Å². The highest BCUT2D eigenvalue weighted by Gasteiger charge is 2.30. The molecule has 32 heavy (non-hydrogen) atoms. The molecule has 2 heterocycles. The van der Waals surface area contributed by atoms with Gasteiger partial charge in [0.2, 0.25) is 16.0 Å². The van der Waals surface area contributed by atoms with Crippen LogP contribution in [0.1, 0.15) is 45.2 Å². The minimum absolute atomic E-state index is 0.00571. The van der Waals surface area contributed by atoms with Gasteiger partial charge in [-0.2, -0.15) is 4.98 Å². The minimum atomic E-state index is -3.57. The van der Waals surface area contributed by atoms with E-state index in [0.717, 1.165) is 18.4 Å². The van der Waals surface area contributed by atoms with Crippen LogP contribution in [0.2, 0.25) is 5.02 Å². The van der Waals surface area contributed by atoms with Gasteiger partial charge < -0.3 is 5.32 Å². The fraction of sp³-hybridized carbons (Fsp3) is 0.409. The number of nitrogens with one attached hydrogen (secondary N) is 2. The molecule has 0 amide bonds. The third-order valence-electron chi connectivity index (χ3n) is 5.70. The lowest BCUT2D eigenvalue weighted by molar-refractivity contribution is 0.270. The molecule has 10 heteroatoms. The molecule has 0 saturated heterocycles. The van der Waals surface area contributed by atoms with E-state index in [1.165, 1.54) is 4.57 Å². The lowest BCUT2D eigenvalue weighted by atomic mass is 9.83. The number of nitrogens with zero attached hydrogens (tertiary/aromatic N) is 3. The first-order valence-electron chi connectivity index (χ1n) is 10.5. The Bertz CT molecular complexity index is 1350. The summed E-state index contributed by atoms with van der Waals surface area (Å²) in [6, 6.07) is 6.30. The first kappa shape index (κ1) is 22.7. The van der Waals surface area contributed by atoms with Crippen molar-refractivity contribution in [1.29, 1.82) is 0 Å². The molecule has 170 valence electrons. The number of rotatable bonds is 6. The number of benzene rings is 1. The summed E-state index contributed by atoms with van der Waals surface area (Å²) >= 11 is 6.07. The Morgan fingerprint density at radius 1 is 1.22 bits per heavy atom. The van der Waals surface area contributed by atoms with Crippen molar-refractivity contribution in [2.24, 2.45) is 5.92 Å². The van der Waals surface area contributed by atoms with Gasteiger partial charge in [0.05, 0.1) is 4.90 Å². The molecule has 0 bridgehead atoms. The zero-order valence-corrected chi connectivity index (χ0v) is 20.0. The highest BCUT2D eigenvalue weighted by atomic mass is 35.5. The van der Waals surface area contributed by atoms with Crippen LogP contribution in [0.15, 0.2) is 40.2 Å². The van der Waals surface area contributed by atoms with E-state index < -0.39 is 10.0 Å². The van der Waals surface area contributed by atoms with Crippen LogP contribution >= 0.6 is 11.6 Å². The zero-order chi connectivity index (χ0) is 23.2. The summed E-state index contributed by atoms with van der Waals surface area (Å²) in [7, 11) is -3.57. The van der Waals surface area contributed by atoms with Crippen molar-refractivity contribution in [3.8, 4) is 0 Å². The summed E-state index contributed by atoms with van der Waals surface area (Å²) in [6.45, 7) is 7.69. The first-order chi connectivity index (χ1) is 15.0. The second kappa shape index (κ2) is 8.46. The van der Waals surface area contributed by atoms with E-state index in [1.54, 1.807) is 30.5 Å². The number of aromatic nitrogens is 3. The van der Waals surface area contributed by atoms with Gasteiger partial charge >= 0.3 is 0 Å². The Hall–Kier alpha value is -2.49. The lowest BCUT2D eigenvalue weighted by Gasteiger charge is -2.32. The van der Waals surface area contributed by atoms with Crippen LogP contribution in [0.3, 0.4) is 0 Å². The fourth-order valence-corrected chi connectivity index (χ4v) is 5.53. The van der Waals surface area contributed by atoms with Gasteiger partial charge in [0.1, 0.15) is 10.7 Å². The summed E-state index contributed by atoms with van der Waals surface area (Å²) in [5.74, 6) is 0.856. The quantitative estimate of drug-likeness (QED) is 0.554. The maximum atomic E-state index is 12.7.